The van der Waals surface area contributed by atoms with Gasteiger partial charge in [-0.25, -0.2) is 0 Å². The number of benzene rings is 1. The van der Waals surface area contributed by atoms with Gasteiger partial charge < -0.3 is 14.2 Å². The van der Waals surface area contributed by atoms with E-state index in [1.807, 2.05) is 29.2 Å². The van der Waals surface area contributed by atoms with Gasteiger partial charge in [-0.05, 0) is 37.8 Å². The van der Waals surface area contributed by atoms with Gasteiger partial charge in [-0.15, -0.1) is 0 Å². The van der Waals surface area contributed by atoms with Crippen LogP contribution in [0.25, 0.3) is 11.4 Å². The molecule has 1 aliphatic heterocycles. The van der Waals surface area contributed by atoms with E-state index < -0.39 is 0 Å². The van der Waals surface area contributed by atoms with Crippen molar-refractivity contribution in [3.05, 3.63) is 30.2 Å². The van der Waals surface area contributed by atoms with Crippen LogP contribution in [-0.2, 0) is 4.79 Å². The highest BCUT2D eigenvalue weighted by atomic mass is 16.5. The molecule has 0 saturated carbocycles. The molecule has 0 spiro atoms. The average molecular weight is 343 g/mol. The number of hydrogen-bond acceptors (Lipinski definition) is 5. The molecule has 2 aromatic rings. The Kier molecular flexibility index (Phi) is 5.68. The maximum atomic E-state index is 12.5. The fraction of sp³-hybridized carbons (Fsp3) is 0.526. The summed E-state index contributed by atoms with van der Waals surface area (Å²) >= 11 is 0. The van der Waals surface area contributed by atoms with Crippen LogP contribution in [-0.4, -0.2) is 34.6 Å². The number of nitrogens with zero attached hydrogens (tertiary/aromatic N) is 3. The summed E-state index contributed by atoms with van der Waals surface area (Å²) in [5, 5.41) is 4.11. The van der Waals surface area contributed by atoms with Crippen LogP contribution in [0.2, 0.25) is 0 Å². The number of piperidine rings is 1. The van der Waals surface area contributed by atoms with Crippen LogP contribution in [0.1, 0.15) is 57.4 Å². The highest BCUT2D eigenvalue weighted by Crippen LogP contribution is 2.32. The molecule has 1 saturated heterocycles. The molecular weight excluding hydrogens is 318 g/mol. The van der Waals surface area contributed by atoms with Crippen LogP contribution in [0.4, 0.5) is 0 Å². The second-order valence-electron chi connectivity index (χ2n) is 6.39. The molecule has 0 aliphatic carbocycles. The molecule has 1 unspecified atom stereocenters. The lowest BCUT2D eigenvalue weighted by Gasteiger charge is -2.33. The zero-order chi connectivity index (χ0) is 17.6. The monoisotopic (exact) mass is 343 g/mol. The van der Waals surface area contributed by atoms with Crippen molar-refractivity contribution in [2.24, 2.45) is 0 Å². The Balaban J connectivity index is 1.80. The van der Waals surface area contributed by atoms with Crippen molar-refractivity contribution in [3.63, 3.8) is 0 Å². The van der Waals surface area contributed by atoms with Gasteiger partial charge in [0.25, 0.3) is 0 Å². The molecule has 1 aromatic carbocycles. The number of likely N-dealkylation sites (tertiary alicyclic amines) is 1. The summed E-state index contributed by atoms with van der Waals surface area (Å²) in [6.07, 6.45) is 5.50. The van der Waals surface area contributed by atoms with Crippen LogP contribution < -0.4 is 4.74 Å². The first-order valence-corrected chi connectivity index (χ1v) is 9.00. The maximum absolute atomic E-state index is 12.5. The number of hydrogen-bond donors (Lipinski definition) is 0. The van der Waals surface area contributed by atoms with Gasteiger partial charge in [-0.3, -0.25) is 4.79 Å². The van der Waals surface area contributed by atoms with E-state index in [1.165, 1.54) is 0 Å². The van der Waals surface area contributed by atoms with E-state index >= 15 is 0 Å². The summed E-state index contributed by atoms with van der Waals surface area (Å²) < 4.78 is 10.8. The van der Waals surface area contributed by atoms with Crippen LogP contribution in [0.15, 0.2) is 28.8 Å². The van der Waals surface area contributed by atoms with Gasteiger partial charge >= 0.3 is 0 Å². The summed E-state index contributed by atoms with van der Waals surface area (Å²) in [6.45, 7) is 2.86. The Bertz CT molecular complexity index is 713. The van der Waals surface area contributed by atoms with Gasteiger partial charge in [0.1, 0.15) is 11.8 Å². The highest BCUT2D eigenvalue weighted by Gasteiger charge is 2.31. The molecule has 3 rings (SSSR count). The van der Waals surface area contributed by atoms with Crippen molar-refractivity contribution in [3.8, 4) is 17.1 Å². The van der Waals surface area contributed by atoms with E-state index in [1.54, 1.807) is 7.11 Å². The van der Waals surface area contributed by atoms with Crippen molar-refractivity contribution in [1.29, 1.82) is 0 Å². The minimum atomic E-state index is -0.107. The fourth-order valence-electron chi connectivity index (χ4n) is 3.21. The summed E-state index contributed by atoms with van der Waals surface area (Å²) in [4.78, 5) is 19.0. The van der Waals surface area contributed by atoms with Crippen molar-refractivity contribution in [1.82, 2.24) is 15.0 Å². The average Bonchev–Trinajstić information content (AvgIpc) is 3.16. The number of amides is 1. The summed E-state index contributed by atoms with van der Waals surface area (Å²) in [5.74, 6) is 1.99. The lowest BCUT2D eigenvalue weighted by Crippen LogP contribution is -2.38. The van der Waals surface area contributed by atoms with Crippen molar-refractivity contribution < 1.29 is 14.1 Å². The summed E-state index contributed by atoms with van der Waals surface area (Å²) in [7, 11) is 1.63. The number of rotatable bonds is 6. The van der Waals surface area contributed by atoms with Gasteiger partial charge in [0, 0.05) is 18.5 Å². The Labute approximate surface area is 148 Å². The lowest BCUT2D eigenvalue weighted by atomic mass is 10.0. The molecule has 25 heavy (non-hydrogen) atoms. The number of aromatic nitrogens is 2. The smallest absolute Gasteiger partial charge is 0.249 e. The maximum Gasteiger partial charge on any atom is 0.249 e. The highest BCUT2D eigenvalue weighted by molar-refractivity contribution is 5.76. The Morgan fingerprint density at radius 1 is 1.40 bits per heavy atom. The standard InChI is InChI=1S/C19H25N3O3/c1-3-4-11-17(23)22-12-6-5-10-16(22)19-20-18(21-25-19)14-8-7-9-15(13-14)24-2/h7-9,13,16H,3-6,10-12H2,1-2H3. The molecule has 6 heteroatoms. The zero-order valence-electron chi connectivity index (χ0n) is 14.9. The van der Waals surface area contributed by atoms with Gasteiger partial charge in [0.2, 0.25) is 17.6 Å². The topological polar surface area (TPSA) is 68.5 Å². The first kappa shape index (κ1) is 17.5. The number of carbonyl (C=O) groups excluding carboxylic acids is 1. The van der Waals surface area contributed by atoms with E-state index in [0.717, 1.165) is 50.0 Å². The third kappa shape index (κ3) is 4.00. The molecule has 2 heterocycles. The minimum Gasteiger partial charge on any atom is -0.497 e. The van der Waals surface area contributed by atoms with Gasteiger partial charge in [0.15, 0.2) is 0 Å². The SMILES string of the molecule is CCCCC(=O)N1CCCCC1c1nc(-c2cccc(OC)c2)no1. The van der Waals surface area contributed by atoms with Gasteiger partial charge in [0.05, 0.1) is 7.11 Å². The number of carbonyl (C=O) groups is 1. The predicted molar refractivity (Wildman–Crippen MR) is 94.1 cm³/mol. The summed E-state index contributed by atoms with van der Waals surface area (Å²) in [5.41, 5.74) is 0.842. The van der Waals surface area contributed by atoms with Gasteiger partial charge in [-0.2, -0.15) is 4.98 Å². The summed E-state index contributed by atoms with van der Waals surface area (Å²) in [6, 6.07) is 7.46. The second kappa shape index (κ2) is 8.14. The third-order valence-corrected chi connectivity index (χ3v) is 4.62. The van der Waals surface area contributed by atoms with E-state index in [-0.39, 0.29) is 11.9 Å². The number of methoxy groups -OCH3 is 1. The number of ether oxygens (including phenoxy) is 1. The van der Waals surface area contributed by atoms with Crippen LogP contribution in [0, 0.1) is 0 Å². The van der Waals surface area contributed by atoms with Crippen LogP contribution in [0.3, 0.4) is 0 Å². The molecule has 6 nitrogen and oxygen atoms in total. The largest absolute Gasteiger partial charge is 0.497 e. The van der Waals surface area contributed by atoms with Crippen molar-refractivity contribution >= 4 is 5.91 Å². The molecule has 1 aromatic heterocycles. The van der Waals surface area contributed by atoms with E-state index in [2.05, 4.69) is 17.1 Å². The molecule has 0 radical (unpaired) electrons. The lowest BCUT2D eigenvalue weighted by molar-refractivity contribution is -0.135. The Morgan fingerprint density at radius 3 is 3.08 bits per heavy atom. The van der Waals surface area contributed by atoms with Crippen molar-refractivity contribution in [2.45, 2.75) is 51.5 Å². The first-order valence-electron chi connectivity index (χ1n) is 9.00. The van der Waals surface area contributed by atoms with Gasteiger partial charge in [-0.1, -0.05) is 30.6 Å². The molecular formula is C19H25N3O3. The van der Waals surface area contributed by atoms with Crippen LogP contribution in [0.5, 0.6) is 5.75 Å². The van der Waals surface area contributed by atoms with Crippen LogP contribution >= 0.6 is 0 Å². The molecule has 1 amide bonds. The molecule has 1 atom stereocenters. The Morgan fingerprint density at radius 2 is 2.28 bits per heavy atom. The van der Waals surface area contributed by atoms with E-state index in [4.69, 9.17) is 9.26 Å². The number of unbranched alkanes of at least 4 members (excludes halogenated alkanes) is 1. The molecule has 0 N–H and O–H groups in total. The quantitative estimate of drug-likeness (QED) is 0.793. The normalized spacial score (nSPS) is 17.5. The third-order valence-electron chi connectivity index (χ3n) is 4.62. The second-order valence-corrected chi connectivity index (χ2v) is 6.39. The predicted octanol–water partition coefficient (Wildman–Crippen LogP) is 3.99. The fourth-order valence-corrected chi connectivity index (χ4v) is 3.21. The Hall–Kier alpha value is -2.37. The van der Waals surface area contributed by atoms with Crippen molar-refractivity contribution in [2.75, 3.05) is 13.7 Å². The first-order chi connectivity index (χ1) is 12.2. The minimum absolute atomic E-state index is 0.107. The zero-order valence-corrected chi connectivity index (χ0v) is 14.9. The molecule has 1 fully saturated rings. The molecule has 134 valence electrons. The van der Waals surface area contributed by atoms with E-state index in [9.17, 15) is 4.79 Å². The molecule has 1 aliphatic rings. The molecule has 0 bridgehead atoms. The van der Waals surface area contributed by atoms with E-state index in [0.29, 0.717) is 18.1 Å².